The first-order valence-electron chi connectivity index (χ1n) is 7.28. The Kier molecular flexibility index (Phi) is 3.65. The largest absolute Gasteiger partial charge is 0.481 e. The van der Waals surface area contributed by atoms with Crippen LogP contribution in [0.3, 0.4) is 0 Å². The second kappa shape index (κ2) is 5.60. The zero-order valence-electron chi connectivity index (χ0n) is 12.4. The van der Waals surface area contributed by atoms with Crippen LogP contribution in [0.2, 0.25) is 0 Å². The van der Waals surface area contributed by atoms with Gasteiger partial charge in [0.2, 0.25) is 0 Å². The van der Waals surface area contributed by atoms with Crippen LogP contribution in [0, 0.1) is 6.92 Å². The molecule has 0 fully saturated rings. The monoisotopic (exact) mass is 281 g/mol. The minimum absolute atomic E-state index is 0.0144. The molecule has 2 aromatic rings. The molecule has 0 spiro atoms. The summed E-state index contributed by atoms with van der Waals surface area (Å²) in [5.74, 6) is 0.745. The molecule has 1 aliphatic heterocycles. The lowest BCUT2D eigenvalue weighted by Gasteiger charge is -2.22. The molecule has 0 unspecified atom stereocenters. The van der Waals surface area contributed by atoms with Gasteiger partial charge in [-0.15, -0.1) is 0 Å². The molecule has 1 aliphatic rings. The summed E-state index contributed by atoms with van der Waals surface area (Å²) in [6, 6.07) is 15.8. The molecule has 3 nitrogen and oxygen atoms in total. The minimum atomic E-state index is -0.487. The van der Waals surface area contributed by atoms with Gasteiger partial charge in [-0.05, 0) is 44.0 Å². The number of amides is 1. The fourth-order valence-electron chi connectivity index (χ4n) is 2.66. The van der Waals surface area contributed by atoms with Crippen LogP contribution in [0.5, 0.6) is 5.75 Å². The Labute approximate surface area is 125 Å². The zero-order chi connectivity index (χ0) is 14.8. The van der Waals surface area contributed by atoms with Gasteiger partial charge in [0, 0.05) is 12.2 Å². The predicted molar refractivity (Wildman–Crippen MR) is 83.8 cm³/mol. The Bertz CT molecular complexity index is 649. The Hall–Kier alpha value is -2.29. The van der Waals surface area contributed by atoms with E-state index in [-0.39, 0.29) is 5.91 Å². The number of carbonyl (C=O) groups excluding carboxylic acids is 1. The van der Waals surface area contributed by atoms with Gasteiger partial charge in [0.25, 0.3) is 5.91 Å². The third-order valence-electron chi connectivity index (χ3n) is 3.83. The molecule has 21 heavy (non-hydrogen) atoms. The van der Waals surface area contributed by atoms with Crippen LogP contribution >= 0.6 is 0 Å². The van der Waals surface area contributed by atoms with Crippen LogP contribution in [0.4, 0.5) is 5.69 Å². The summed E-state index contributed by atoms with van der Waals surface area (Å²) in [5, 5.41) is 0. The summed E-state index contributed by atoms with van der Waals surface area (Å²) in [6.45, 7) is 4.57. The predicted octanol–water partition coefficient (Wildman–Crippen LogP) is 3.35. The second-order valence-corrected chi connectivity index (χ2v) is 5.44. The molecule has 0 saturated carbocycles. The highest BCUT2D eigenvalue weighted by molar-refractivity contribution is 5.98. The molecular weight excluding hydrogens is 262 g/mol. The van der Waals surface area contributed by atoms with E-state index in [1.807, 2.05) is 61.2 Å². The number of nitrogens with zero attached hydrogens (tertiary/aromatic N) is 1. The average Bonchev–Trinajstić information content (AvgIpc) is 2.92. The number of rotatable bonds is 3. The highest BCUT2D eigenvalue weighted by atomic mass is 16.5. The fourth-order valence-corrected chi connectivity index (χ4v) is 2.66. The van der Waals surface area contributed by atoms with Crippen LogP contribution < -0.4 is 9.64 Å². The molecule has 0 aliphatic carbocycles. The number of hydrogen-bond acceptors (Lipinski definition) is 2. The molecule has 3 heteroatoms. The van der Waals surface area contributed by atoms with Crippen LogP contribution in [-0.2, 0) is 11.2 Å². The molecule has 0 bridgehead atoms. The van der Waals surface area contributed by atoms with Gasteiger partial charge in [0.05, 0.1) is 0 Å². The Morgan fingerprint density at radius 2 is 1.86 bits per heavy atom. The van der Waals surface area contributed by atoms with E-state index in [0.29, 0.717) is 0 Å². The summed E-state index contributed by atoms with van der Waals surface area (Å²) >= 11 is 0. The van der Waals surface area contributed by atoms with E-state index in [9.17, 15) is 4.79 Å². The molecule has 2 aromatic carbocycles. The number of ether oxygens (including phenoxy) is 1. The first-order valence-corrected chi connectivity index (χ1v) is 7.28. The third-order valence-corrected chi connectivity index (χ3v) is 3.83. The number of para-hydroxylation sites is 1. The average molecular weight is 281 g/mol. The number of aryl methyl sites for hydroxylation is 1. The van der Waals surface area contributed by atoms with Crippen molar-refractivity contribution >= 4 is 11.6 Å². The number of hydrogen-bond donors (Lipinski definition) is 0. The third kappa shape index (κ3) is 2.77. The maximum Gasteiger partial charge on any atom is 0.267 e. The highest BCUT2D eigenvalue weighted by Gasteiger charge is 2.28. The van der Waals surface area contributed by atoms with Crippen molar-refractivity contribution in [1.29, 1.82) is 0 Å². The van der Waals surface area contributed by atoms with Crippen LogP contribution in [-0.4, -0.2) is 18.6 Å². The summed E-state index contributed by atoms with van der Waals surface area (Å²) in [5.41, 5.74) is 3.42. The standard InChI is InChI=1S/C18H19NO2/c1-13-7-9-16(10-8-13)21-14(2)18(20)19-12-11-15-5-3-4-6-17(15)19/h3-10,14H,11-12H2,1-2H3/t14-/m1/s1. The van der Waals surface area contributed by atoms with Crippen molar-refractivity contribution in [3.05, 3.63) is 59.7 Å². The van der Waals surface area contributed by atoms with E-state index >= 15 is 0 Å². The van der Waals surface area contributed by atoms with E-state index in [0.717, 1.165) is 24.4 Å². The topological polar surface area (TPSA) is 29.5 Å². The maximum atomic E-state index is 12.6. The number of anilines is 1. The normalized spacial score (nSPS) is 14.7. The first kappa shape index (κ1) is 13.7. The SMILES string of the molecule is Cc1ccc(O[C@H](C)C(=O)N2CCc3ccccc32)cc1. The molecule has 0 N–H and O–H groups in total. The Morgan fingerprint density at radius 3 is 2.62 bits per heavy atom. The lowest BCUT2D eigenvalue weighted by Crippen LogP contribution is -2.39. The van der Waals surface area contributed by atoms with Crippen molar-refractivity contribution in [3.8, 4) is 5.75 Å². The van der Waals surface area contributed by atoms with Crippen LogP contribution in [0.1, 0.15) is 18.1 Å². The van der Waals surface area contributed by atoms with Crippen molar-refractivity contribution in [2.24, 2.45) is 0 Å². The van der Waals surface area contributed by atoms with Crippen molar-refractivity contribution in [2.45, 2.75) is 26.4 Å². The molecule has 1 atom stereocenters. The molecular formula is C18H19NO2. The smallest absolute Gasteiger partial charge is 0.267 e. The molecule has 1 amide bonds. The summed E-state index contributed by atoms with van der Waals surface area (Å²) in [7, 11) is 0. The minimum Gasteiger partial charge on any atom is -0.481 e. The van der Waals surface area contributed by atoms with E-state index in [4.69, 9.17) is 4.74 Å². The number of benzene rings is 2. The van der Waals surface area contributed by atoms with Crippen molar-refractivity contribution in [2.75, 3.05) is 11.4 Å². The van der Waals surface area contributed by atoms with Gasteiger partial charge in [-0.25, -0.2) is 0 Å². The van der Waals surface area contributed by atoms with Crippen molar-refractivity contribution in [1.82, 2.24) is 0 Å². The summed E-state index contributed by atoms with van der Waals surface area (Å²) in [4.78, 5) is 14.4. The van der Waals surface area contributed by atoms with Crippen molar-refractivity contribution in [3.63, 3.8) is 0 Å². The maximum absolute atomic E-state index is 12.6. The van der Waals surface area contributed by atoms with Crippen LogP contribution in [0.25, 0.3) is 0 Å². The summed E-state index contributed by atoms with van der Waals surface area (Å²) < 4.78 is 5.77. The lowest BCUT2D eigenvalue weighted by atomic mass is 10.2. The van der Waals surface area contributed by atoms with Gasteiger partial charge in [-0.3, -0.25) is 4.79 Å². The van der Waals surface area contributed by atoms with Gasteiger partial charge in [-0.2, -0.15) is 0 Å². The molecule has 1 heterocycles. The Balaban J connectivity index is 1.72. The zero-order valence-corrected chi connectivity index (χ0v) is 12.4. The molecule has 108 valence electrons. The lowest BCUT2D eigenvalue weighted by molar-refractivity contribution is -0.124. The fraction of sp³-hybridized carbons (Fsp3) is 0.278. The van der Waals surface area contributed by atoms with Gasteiger partial charge < -0.3 is 9.64 Å². The number of fused-ring (bicyclic) bond motifs is 1. The van der Waals surface area contributed by atoms with Gasteiger partial charge >= 0.3 is 0 Å². The van der Waals surface area contributed by atoms with Gasteiger partial charge in [0.1, 0.15) is 5.75 Å². The first-order chi connectivity index (χ1) is 10.1. The number of carbonyl (C=O) groups is 1. The van der Waals surface area contributed by atoms with Crippen molar-refractivity contribution < 1.29 is 9.53 Å². The quantitative estimate of drug-likeness (QED) is 0.863. The van der Waals surface area contributed by atoms with E-state index in [1.54, 1.807) is 0 Å². The van der Waals surface area contributed by atoms with Gasteiger partial charge in [0.15, 0.2) is 6.10 Å². The molecule has 0 aromatic heterocycles. The molecule has 3 rings (SSSR count). The van der Waals surface area contributed by atoms with Gasteiger partial charge in [-0.1, -0.05) is 35.9 Å². The molecule has 0 radical (unpaired) electrons. The summed E-state index contributed by atoms with van der Waals surface area (Å²) in [6.07, 6.45) is 0.429. The van der Waals surface area contributed by atoms with E-state index in [2.05, 4.69) is 6.07 Å². The second-order valence-electron chi connectivity index (χ2n) is 5.44. The van der Waals surface area contributed by atoms with E-state index < -0.39 is 6.10 Å². The van der Waals surface area contributed by atoms with Crippen LogP contribution in [0.15, 0.2) is 48.5 Å². The molecule has 0 saturated heterocycles. The van der Waals surface area contributed by atoms with E-state index in [1.165, 1.54) is 11.1 Å². The highest BCUT2D eigenvalue weighted by Crippen LogP contribution is 2.28. The Morgan fingerprint density at radius 1 is 1.14 bits per heavy atom.